The highest BCUT2D eigenvalue weighted by molar-refractivity contribution is 6.34. The van der Waals surface area contributed by atoms with Crippen LogP contribution in [0.1, 0.15) is 29.0 Å². The summed E-state index contributed by atoms with van der Waals surface area (Å²) in [7, 11) is 1.72. The summed E-state index contributed by atoms with van der Waals surface area (Å²) in [6.07, 6.45) is 2.14. The van der Waals surface area contributed by atoms with Crippen molar-refractivity contribution in [3.63, 3.8) is 0 Å². The van der Waals surface area contributed by atoms with Crippen molar-refractivity contribution in [3.05, 3.63) is 16.4 Å². The van der Waals surface area contributed by atoms with Gasteiger partial charge in [0.2, 0.25) is 0 Å². The highest BCUT2D eigenvalue weighted by atomic mass is 35.5. The molecule has 0 saturated heterocycles. The standard InChI is InChI=1S/C9H12ClN3O/c1-5-7(10)8(13(2)12-5)9(14)11-6-3-4-6/h6H,3-4H2,1-2H3,(H,11,14). The lowest BCUT2D eigenvalue weighted by Crippen LogP contribution is -2.27. The molecule has 5 heteroatoms. The third-order valence-corrected chi connectivity index (χ3v) is 2.73. The van der Waals surface area contributed by atoms with Gasteiger partial charge in [0, 0.05) is 13.1 Å². The van der Waals surface area contributed by atoms with Crippen molar-refractivity contribution in [1.29, 1.82) is 0 Å². The van der Waals surface area contributed by atoms with Gasteiger partial charge < -0.3 is 5.32 Å². The van der Waals surface area contributed by atoms with E-state index >= 15 is 0 Å². The lowest BCUT2D eigenvalue weighted by molar-refractivity contribution is 0.0942. The fourth-order valence-corrected chi connectivity index (χ4v) is 1.61. The number of aryl methyl sites for hydroxylation is 2. The van der Waals surface area contributed by atoms with Gasteiger partial charge in [0.25, 0.3) is 5.91 Å². The van der Waals surface area contributed by atoms with E-state index in [1.165, 1.54) is 4.68 Å². The molecular formula is C9H12ClN3O. The summed E-state index contributed by atoms with van der Waals surface area (Å²) < 4.78 is 1.52. The quantitative estimate of drug-likeness (QED) is 0.805. The number of halogens is 1. The first kappa shape index (κ1) is 9.52. The fraction of sp³-hybridized carbons (Fsp3) is 0.556. The average Bonchev–Trinajstić information content (AvgIpc) is 2.83. The van der Waals surface area contributed by atoms with Crippen LogP contribution in [0.25, 0.3) is 0 Å². The summed E-state index contributed by atoms with van der Waals surface area (Å²) in [5, 5.41) is 7.41. The first-order valence-electron chi connectivity index (χ1n) is 4.59. The van der Waals surface area contributed by atoms with Crippen LogP contribution in [0.15, 0.2) is 0 Å². The van der Waals surface area contributed by atoms with Crippen LogP contribution in [0.4, 0.5) is 0 Å². The molecule has 1 N–H and O–H groups in total. The van der Waals surface area contributed by atoms with Crippen molar-refractivity contribution < 1.29 is 4.79 Å². The van der Waals surface area contributed by atoms with Crippen molar-refractivity contribution >= 4 is 17.5 Å². The van der Waals surface area contributed by atoms with E-state index in [2.05, 4.69) is 10.4 Å². The van der Waals surface area contributed by atoms with E-state index in [9.17, 15) is 4.79 Å². The molecule has 1 aromatic rings. The minimum Gasteiger partial charge on any atom is -0.348 e. The van der Waals surface area contributed by atoms with E-state index in [1.807, 2.05) is 0 Å². The number of nitrogens with zero attached hydrogens (tertiary/aromatic N) is 2. The Kier molecular flexibility index (Phi) is 2.23. The van der Waals surface area contributed by atoms with Crippen molar-refractivity contribution in [3.8, 4) is 0 Å². The molecule has 2 rings (SSSR count). The Morgan fingerprint density at radius 3 is 2.71 bits per heavy atom. The van der Waals surface area contributed by atoms with Gasteiger partial charge in [-0.1, -0.05) is 11.6 Å². The topological polar surface area (TPSA) is 46.9 Å². The molecule has 1 aliphatic rings. The molecule has 76 valence electrons. The second-order valence-corrected chi connectivity index (χ2v) is 4.00. The van der Waals surface area contributed by atoms with Gasteiger partial charge in [-0.05, 0) is 19.8 Å². The monoisotopic (exact) mass is 213 g/mol. The summed E-state index contributed by atoms with van der Waals surface area (Å²) in [6.45, 7) is 1.79. The molecule has 4 nitrogen and oxygen atoms in total. The minimum atomic E-state index is -0.124. The van der Waals surface area contributed by atoms with Crippen LogP contribution in [-0.4, -0.2) is 21.7 Å². The summed E-state index contributed by atoms with van der Waals surface area (Å²) in [5.41, 5.74) is 1.14. The Morgan fingerprint density at radius 2 is 2.29 bits per heavy atom. The molecule has 1 aromatic heterocycles. The predicted molar refractivity (Wildman–Crippen MR) is 53.4 cm³/mol. The van der Waals surface area contributed by atoms with Gasteiger partial charge >= 0.3 is 0 Å². The summed E-state index contributed by atoms with van der Waals surface area (Å²) >= 11 is 5.97. The van der Waals surface area contributed by atoms with Crippen LogP contribution >= 0.6 is 11.6 Å². The number of hydrogen-bond donors (Lipinski definition) is 1. The molecule has 14 heavy (non-hydrogen) atoms. The highest BCUT2D eigenvalue weighted by Gasteiger charge is 2.27. The van der Waals surface area contributed by atoms with Crippen molar-refractivity contribution in [1.82, 2.24) is 15.1 Å². The maximum Gasteiger partial charge on any atom is 0.271 e. The zero-order valence-electron chi connectivity index (χ0n) is 8.17. The van der Waals surface area contributed by atoms with Crippen molar-refractivity contribution in [2.24, 2.45) is 7.05 Å². The molecule has 0 radical (unpaired) electrons. The van der Waals surface area contributed by atoms with Gasteiger partial charge in [-0.25, -0.2) is 0 Å². The first-order valence-corrected chi connectivity index (χ1v) is 4.97. The van der Waals surface area contributed by atoms with Crippen LogP contribution in [-0.2, 0) is 7.05 Å². The third-order valence-electron chi connectivity index (χ3n) is 2.28. The average molecular weight is 214 g/mol. The normalized spacial score (nSPS) is 15.6. The predicted octanol–water partition coefficient (Wildman–Crippen LogP) is 1.27. The Morgan fingerprint density at radius 1 is 1.64 bits per heavy atom. The van der Waals surface area contributed by atoms with Gasteiger partial charge in [0.05, 0.1) is 10.7 Å². The lowest BCUT2D eigenvalue weighted by Gasteiger charge is -2.03. The lowest BCUT2D eigenvalue weighted by atomic mass is 10.3. The number of amides is 1. The molecule has 1 amide bonds. The molecule has 0 unspecified atom stereocenters. The number of carbonyl (C=O) groups is 1. The zero-order chi connectivity index (χ0) is 10.3. The van der Waals surface area contributed by atoms with Gasteiger partial charge in [-0.3, -0.25) is 9.48 Å². The molecule has 1 fully saturated rings. The highest BCUT2D eigenvalue weighted by Crippen LogP contribution is 2.22. The Balaban J connectivity index is 2.24. The molecule has 0 bridgehead atoms. The maximum absolute atomic E-state index is 11.7. The molecule has 0 aromatic carbocycles. The Bertz CT molecular complexity index is 382. The summed E-state index contributed by atoms with van der Waals surface area (Å²) in [5.74, 6) is -0.124. The van der Waals surface area contributed by atoms with Crippen LogP contribution in [0, 0.1) is 6.92 Å². The zero-order valence-corrected chi connectivity index (χ0v) is 8.93. The van der Waals surface area contributed by atoms with Crippen molar-refractivity contribution in [2.75, 3.05) is 0 Å². The fourth-order valence-electron chi connectivity index (χ4n) is 1.36. The molecule has 1 saturated carbocycles. The Labute approximate surface area is 87.2 Å². The molecule has 1 heterocycles. The number of nitrogens with one attached hydrogen (secondary N) is 1. The number of aromatic nitrogens is 2. The van der Waals surface area contributed by atoms with Crippen LogP contribution in [0.2, 0.25) is 5.02 Å². The van der Waals surface area contributed by atoms with Crippen molar-refractivity contribution in [2.45, 2.75) is 25.8 Å². The largest absolute Gasteiger partial charge is 0.348 e. The van der Waals surface area contributed by atoms with E-state index in [0.717, 1.165) is 12.8 Å². The first-order chi connectivity index (χ1) is 6.59. The van der Waals surface area contributed by atoms with Gasteiger partial charge in [0.15, 0.2) is 0 Å². The molecule has 1 aliphatic carbocycles. The minimum absolute atomic E-state index is 0.124. The SMILES string of the molecule is Cc1nn(C)c(C(=O)NC2CC2)c1Cl. The van der Waals surface area contributed by atoms with Crippen LogP contribution in [0.3, 0.4) is 0 Å². The smallest absolute Gasteiger partial charge is 0.271 e. The number of hydrogen-bond acceptors (Lipinski definition) is 2. The number of carbonyl (C=O) groups excluding carboxylic acids is 1. The summed E-state index contributed by atoms with van der Waals surface area (Å²) in [4.78, 5) is 11.7. The number of rotatable bonds is 2. The molecule has 0 aliphatic heterocycles. The molecular weight excluding hydrogens is 202 g/mol. The maximum atomic E-state index is 11.7. The third kappa shape index (κ3) is 1.62. The molecule has 0 spiro atoms. The van der Waals surface area contributed by atoms with E-state index in [0.29, 0.717) is 22.5 Å². The van der Waals surface area contributed by atoms with Crippen LogP contribution < -0.4 is 5.32 Å². The van der Waals surface area contributed by atoms with E-state index < -0.39 is 0 Å². The second-order valence-electron chi connectivity index (χ2n) is 3.62. The van der Waals surface area contributed by atoms with Gasteiger partial charge in [-0.15, -0.1) is 0 Å². The van der Waals surface area contributed by atoms with E-state index in [4.69, 9.17) is 11.6 Å². The van der Waals surface area contributed by atoms with Gasteiger partial charge in [-0.2, -0.15) is 5.10 Å². The van der Waals surface area contributed by atoms with E-state index in [-0.39, 0.29) is 5.91 Å². The van der Waals surface area contributed by atoms with Gasteiger partial charge in [0.1, 0.15) is 5.69 Å². The van der Waals surface area contributed by atoms with E-state index in [1.54, 1.807) is 14.0 Å². The second kappa shape index (κ2) is 3.28. The molecule has 0 atom stereocenters. The van der Waals surface area contributed by atoms with Crippen LogP contribution in [0.5, 0.6) is 0 Å². The Hall–Kier alpha value is -1.03. The summed E-state index contributed by atoms with van der Waals surface area (Å²) in [6, 6.07) is 0.341.